The highest BCUT2D eigenvalue weighted by molar-refractivity contribution is 5.94. The number of benzene rings is 2. The Morgan fingerprint density at radius 3 is 2.31 bits per heavy atom. The number of hydrogen-bond acceptors (Lipinski definition) is 4. The van der Waals surface area contributed by atoms with Gasteiger partial charge in [0.1, 0.15) is 0 Å². The van der Waals surface area contributed by atoms with E-state index in [1.165, 1.54) is 5.69 Å². The number of anilines is 2. The van der Waals surface area contributed by atoms with E-state index < -0.39 is 6.10 Å². The zero-order chi connectivity index (χ0) is 18.9. The van der Waals surface area contributed by atoms with Crippen LogP contribution in [-0.4, -0.2) is 31.3 Å². The molecule has 0 aromatic heterocycles. The van der Waals surface area contributed by atoms with E-state index in [4.69, 9.17) is 4.84 Å². The van der Waals surface area contributed by atoms with Gasteiger partial charge in [-0.05, 0) is 57.5 Å². The van der Waals surface area contributed by atoms with Crippen LogP contribution in [-0.2, 0) is 9.63 Å². The predicted molar refractivity (Wildman–Crippen MR) is 108 cm³/mol. The number of nitrogens with zero attached hydrogens (tertiary/aromatic N) is 2. The Balaban J connectivity index is 1.86. The largest absolute Gasteiger partial charge is 0.383 e. The molecule has 0 heterocycles. The van der Waals surface area contributed by atoms with E-state index in [9.17, 15) is 4.79 Å². The van der Waals surface area contributed by atoms with Crippen LogP contribution in [0.3, 0.4) is 0 Å². The summed E-state index contributed by atoms with van der Waals surface area (Å²) in [7, 11) is 0. The zero-order valence-electron chi connectivity index (χ0n) is 15.9. The lowest BCUT2D eigenvalue weighted by Gasteiger charge is -2.20. The Bertz CT molecular complexity index is 720. The molecule has 5 heteroatoms. The van der Waals surface area contributed by atoms with Crippen LogP contribution in [0.15, 0.2) is 53.7 Å². The van der Waals surface area contributed by atoms with Gasteiger partial charge in [-0.2, -0.15) is 0 Å². The number of rotatable bonds is 8. The molecule has 1 atom stereocenters. The van der Waals surface area contributed by atoms with Crippen molar-refractivity contribution < 1.29 is 9.63 Å². The molecule has 2 aromatic carbocycles. The van der Waals surface area contributed by atoms with Crippen LogP contribution in [0.1, 0.15) is 31.9 Å². The number of nitrogens with one attached hydrogen (secondary N) is 1. The first kappa shape index (κ1) is 19.5. The molecule has 0 bridgehead atoms. The molecule has 26 heavy (non-hydrogen) atoms. The van der Waals surface area contributed by atoms with Gasteiger partial charge in [-0.1, -0.05) is 35.0 Å². The third-order valence-corrected chi connectivity index (χ3v) is 4.13. The molecule has 0 aliphatic heterocycles. The molecule has 5 nitrogen and oxygen atoms in total. The van der Waals surface area contributed by atoms with E-state index in [1.807, 2.05) is 43.3 Å². The molecule has 0 saturated carbocycles. The molecule has 1 N–H and O–H groups in total. The van der Waals surface area contributed by atoms with Crippen LogP contribution >= 0.6 is 0 Å². The first-order chi connectivity index (χ1) is 12.5. The maximum absolute atomic E-state index is 12.1. The Hall–Kier alpha value is -2.82. The zero-order valence-corrected chi connectivity index (χ0v) is 15.9. The molecule has 0 spiro atoms. The quantitative estimate of drug-likeness (QED) is 0.571. The summed E-state index contributed by atoms with van der Waals surface area (Å²) in [6, 6.07) is 15.7. The minimum Gasteiger partial charge on any atom is -0.383 e. The maximum atomic E-state index is 12.1. The van der Waals surface area contributed by atoms with Gasteiger partial charge >= 0.3 is 0 Å². The fourth-order valence-corrected chi connectivity index (χ4v) is 2.47. The molecule has 0 radical (unpaired) electrons. The first-order valence-corrected chi connectivity index (χ1v) is 8.95. The van der Waals surface area contributed by atoms with Gasteiger partial charge in [0.25, 0.3) is 5.91 Å². The molecule has 0 aliphatic carbocycles. The molecule has 138 valence electrons. The molecule has 0 saturated heterocycles. The number of carbonyl (C=O) groups is 1. The van der Waals surface area contributed by atoms with Gasteiger partial charge in [-0.25, -0.2) is 0 Å². The van der Waals surface area contributed by atoms with E-state index in [0.717, 1.165) is 29.9 Å². The summed E-state index contributed by atoms with van der Waals surface area (Å²) in [5, 5.41) is 6.74. The second kappa shape index (κ2) is 9.61. The van der Waals surface area contributed by atoms with Gasteiger partial charge in [0.15, 0.2) is 0 Å². The lowest BCUT2D eigenvalue weighted by Crippen LogP contribution is -2.26. The van der Waals surface area contributed by atoms with Crippen LogP contribution in [0.25, 0.3) is 0 Å². The van der Waals surface area contributed by atoms with Gasteiger partial charge in [0, 0.05) is 24.5 Å². The average molecular weight is 353 g/mol. The second-order valence-corrected chi connectivity index (χ2v) is 6.10. The summed E-state index contributed by atoms with van der Waals surface area (Å²) in [4.78, 5) is 19.7. The van der Waals surface area contributed by atoms with Crippen molar-refractivity contribution in [2.45, 2.75) is 33.8 Å². The summed E-state index contributed by atoms with van der Waals surface area (Å²) >= 11 is 0. The van der Waals surface area contributed by atoms with Gasteiger partial charge in [0.05, 0.1) is 6.21 Å². The topological polar surface area (TPSA) is 53.9 Å². The molecule has 2 aromatic rings. The van der Waals surface area contributed by atoms with Crippen molar-refractivity contribution in [3.05, 3.63) is 59.7 Å². The van der Waals surface area contributed by atoms with Crippen molar-refractivity contribution in [1.29, 1.82) is 0 Å². The monoisotopic (exact) mass is 353 g/mol. The Morgan fingerprint density at radius 1 is 1.12 bits per heavy atom. The smallest absolute Gasteiger partial charge is 0.267 e. The Kier molecular flexibility index (Phi) is 7.21. The number of oxime groups is 1. The van der Waals surface area contributed by atoms with Gasteiger partial charge in [-0.3, -0.25) is 4.79 Å². The molecule has 0 aliphatic rings. The van der Waals surface area contributed by atoms with Crippen LogP contribution < -0.4 is 10.2 Å². The Morgan fingerprint density at radius 2 is 1.73 bits per heavy atom. The predicted octanol–water partition coefficient (Wildman–Crippen LogP) is 4.22. The van der Waals surface area contributed by atoms with Crippen LogP contribution in [0.4, 0.5) is 11.4 Å². The number of aryl methyl sites for hydroxylation is 1. The van der Waals surface area contributed by atoms with Crippen molar-refractivity contribution in [3.8, 4) is 0 Å². The molecular weight excluding hydrogens is 326 g/mol. The summed E-state index contributed by atoms with van der Waals surface area (Å²) in [5.74, 6) is -0.233. The third-order valence-electron chi connectivity index (χ3n) is 4.13. The highest BCUT2D eigenvalue weighted by Gasteiger charge is 2.14. The molecule has 0 fully saturated rings. The lowest BCUT2D eigenvalue weighted by atomic mass is 10.2. The van der Waals surface area contributed by atoms with E-state index in [-0.39, 0.29) is 5.91 Å². The van der Waals surface area contributed by atoms with Crippen LogP contribution in [0.2, 0.25) is 0 Å². The fourth-order valence-electron chi connectivity index (χ4n) is 2.47. The number of carbonyl (C=O) groups excluding carboxylic acids is 1. The van der Waals surface area contributed by atoms with E-state index >= 15 is 0 Å². The van der Waals surface area contributed by atoms with Gasteiger partial charge in [0.2, 0.25) is 6.10 Å². The summed E-state index contributed by atoms with van der Waals surface area (Å²) in [5.41, 5.74) is 3.99. The highest BCUT2D eigenvalue weighted by Crippen LogP contribution is 2.14. The SMILES string of the molecule is CCN(CC)c1ccc(/C=N\O[C@H](C)C(=O)Nc2ccc(C)cc2)cc1. The summed E-state index contributed by atoms with van der Waals surface area (Å²) in [6.45, 7) is 9.89. The van der Waals surface area contributed by atoms with Crippen LogP contribution in [0, 0.1) is 6.92 Å². The van der Waals surface area contributed by atoms with E-state index in [2.05, 4.69) is 41.4 Å². The maximum Gasteiger partial charge on any atom is 0.267 e. The lowest BCUT2D eigenvalue weighted by molar-refractivity contribution is -0.126. The van der Waals surface area contributed by atoms with Crippen LogP contribution in [0.5, 0.6) is 0 Å². The van der Waals surface area contributed by atoms with Crippen molar-refractivity contribution in [2.75, 3.05) is 23.3 Å². The van der Waals surface area contributed by atoms with Crippen molar-refractivity contribution in [2.24, 2.45) is 5.16 Å². The fraction of sp³-hybridized carbons (Fsp3) is 0.333. The highest BCUT2D eigenvalue weighted by atomic mass is 16.6. The molecular formula is C21H27N3O2. The standard InChI is InChI=1S/C21H27N3O2/c1-5-24(6-2)20-13-9-18(10-14-20)15-22-26-17(4)21(25)23-19-11-7-16(3)8-12-19/h7-15,17H,5-6H2,1-4H3,(H,23,25)/b22-15-/t17-/m1/s1. The van der Waals surface area contributed by atoms with Gasteiger partial charge in [-0.15, -0.1) is 0 Å². The van der Waals surface area contributed by atoms with Crippen molar-refractivity contribution in [3.63, 3.8) is 0 Å². The number of amides is 1. The Labute approximate surface area is 155 Å². The summed E-state index contributed by atoms with van der Waals surface area (Å²) < 4.78 is 0. The second-order valence-electron chi connectivity index (χ2n) is 6.10. The third kappa shape index (κ3) is 5.62. The summed E-state index contributed by atoms with van der Waals surface area (Å²) in [6.07, 6.45) is 0.935. The minimum atomic E-state index is -0.678. The number of hydrogen-bond donors (Lipinski definition) is 1. The first-order valence-electron chi connectivity index (χ1n) is 8.95. The molecule has 2 rings (SSSR count). The van der Waals surface area contributed by atoms with E-state index in [1.54, 1.807) is 13.1 Å². The van der Waals surface area contributed by atoms with Gasteiger partial charge < -0.3 is 15.1 Å². The van der Waals surface area contributed by atoms with E-state index in [0.29, 0.717) is 0 Å². The normalized spacial score (nSPS) is 12.0. The minimum absolute atomic E-state index is 0.233. The van der Waals surface area contributed by atoms with Crippen molar-refractivity contribution >= 4 is 23.5 Å². The average Bonchev–Trinajstić information content (AvgIpc) is 2.65. The van der Waals surface area contributed by atoms with Crippen molar-refractivity contribution in [1.82, 2.24) is 0 Å². The molecule has 1 amide bonds. The molecule has 0 unspecified atom stereocenters.